The third-order valence-corrected chi connectivity index (χ3v) is 2.06. The number of allylic oxidation sites excluding steroid dienone is 2. The van der Waals surface area contributed by atoms with Crippen molar-refractivity contribution < 1.29 is 0 Å². The van der Waals surface area contributed by atoms with Gasteiger partial charge in [-0.25, -0.2) is 0 Å². The van der Waals surface area contributed by atoms with Crippen LogP contribution in [-0.2, 0) is 0 Å². The van der Waals surface area contributed by atoms with Crippen molar-refractivity contribution >= 4 is 0 Å². The summed E-state index contributed by atoms with van der Waals surface area (Å²) >= 11 is 0. The van der Waals surface area contributed by atoms with E-state index >= 15 is 0 Å². The van der Waals surface area contributed by atoms with Crippen LogP contribution in [0.1, 0.15) is 40.0 Å². The molecule has 0 saturated carbocycles. The number of hydrogen-bond donors (Lipinski definition) is 1. The van der Waals surface area contributed by atoms with E-state index in [4.69, 9.17) is 5.73 Å². The molecule has 0 aliphatic heterocycles. The minimum absolute atomic E-state index is 0.801. The van der Waals surface area contributed by atoms with Crippen molar-refractivity contribution in [3.63, 3.8) is 0 Å². The molecule has 0 rings (SSSR count). The molecule has 0 amide bonds. The van der Waals surface area contributed by atoms with Crippen LogP contribution in [0.4, 0.5) is 0 Å². The van der Waals surface area contributed by atoms with Crippen molar-refractivity contribution in [3.8, 4) is 0 Å². The van der Waals surface area contributed by atoms with Gasteiger partial charge in [0.2, 0.25) is 0 Å². The molecule has 0 saturated heterocycles. The van der Waals surface area contributed by atoms with Crippen molar-refractivity contribution in [2.45, 2.75) is 40.0 Å². The second-order valence-electron chi connectivity index (χ2n) is 3.38. The van der Waals surface area contributed by atoms with Gasteiger partial charge in [0.15, 0.2) is 0 Å². The molecule has 11 heavy (non-hydrogen) atoms. The van der Waals surface area contributed by atoms with Crippen LogP contribution in [0.2, 0.25) is 0 Å². The average Bonchev–Trinajstić information content (AvgIpc) is 2.00. The first-order valence-electron chi connectivity index (χ1n) is 4.52. The minimum atomic E-state index is 0.801. The monoisotopic (exact) mass is 155 g/mol. The lowest BCUT2D eigenvalue weighted by molar-refractivity contribution is 0.510. The Balaban J connectivity index is 3.43. The van der Waals surface area contributed by atoms with Crippen molar-refractivity contribution in [2.24, 2.45) is 11.7 Å². The molecule has 1 nitrogen and oxygen atoms in total. The van der Waals surface area contributed by atoms with Gasteiger partial charge < -0.3 is 5.73 Å². The molecular weight excluding hydrogens is 134 g/mol. The molecule has 0 radical (unpaired) electrons. The summed E-state index contributed by atoms with van der Waals surface area (Å²) in [5.41, 5.74) is 6.92. The van der Waals surface area contributed by atoms with E-state index < -0.39 is 0 Å². The van der Waals surface area contributed by atoms with Crippen molar-refractivity contribution in [1.82, 2.24) is 0 Å². The fourth-order valence-electron chi connectivity index (χ4n) is 1.24. The summed E-state index contributed by atoms with van der Waals surface area (Å²) in [6.07, 6.45) is 5.86. The van der Waals surface area contributed by atoms with E-state index in [1.807, 2.05) is 0 Å². The van der Waals surface area contributed by atoms with E-state index in [-0.39, 0.29) is 0 Å². The molecule has 2 N–H and O–H groups in total. The quantitative estimate of drug-likeness (QED) is 0.607. The lowest BCUT2D eigenvalue weighted by atomic mass is 9.97. The highest BCUT2D eigenvalue weighted by atomic mass is 14.5. The van der Waals surface area contributed by atoms with Crippen LogP contribution in [-0.4, -0.2) is 6.54 Å². The molecular formula is C10H21N. The topological polar surface area (TPSA) is 26.0 Å². The first-order chi connectivity index (χ1) is 5.20. The Labute approximate surface area is 70.7 Å². The molecule has 1 atom stereocenters. The molecule has 0 aromatic rings. The summed E-state index contributed by atoms with van der Waals surface area (Å²) in [5, 5.41) is 0. The largest absolute Gasteiger partial charge is 0.330 e. The Morgan fingerprint density at radius 2 is 2.18 bits per heavy atom. The van der Waals surface area contributed by atoms with Crippen molar-refractivity contribution in [1.29, 1.82) is 0 Å². The minimum Gasteiger partial charge on any atom is -0.330 e. The van der Waals surface area contributed by atoms with Crippen LogP contribution < -0.4 is 5.73 Å². The smallest absolute Gasteiger partial charge is 0.00772 e. The lowest BCUT2D eigenvalue weighted by Gasteiger charge is -2.09. The van der Waals surface area contributed by atoms with E-state index in [0.717, 1.165) is 18.9 Å². The van der Waals surface area contributed by atoms with Gasteiger partial charge in [0.25, 0.3) is 0 Å². The predicted molar refractivity (Wildman–Crippen MR) is 51.5 cm³/mol. The van der Waals surface area contributed by atoms with Gasteiger partial charge in [0.05, 0.1) is 0 Å². The fraction of sp³-hybridized carbons (Fsp3) is 0.800. The predicted octanol–water partition coefficient (Wildman–Crippen LogP) is 2.72. The van der Waals surface area contributed by atoms with Gasteiger partial charge >= 0.3 is 0 Å². The second kappa shape index (κ2) is 6.41. The van der Waals surface area contributed by atoms with Crippen LogP contribution in [0.25, 0.3) is 0 Å². The summed E-state index contributed by atoms with van der Waals surface area (Å²) in [4.78, 5) is 0. The molecule has 0 aliphatic rings. The van der Waals surface area contributed by atoms with Gasteiger partial charge in [-0.1, -0.05) is 18.6 Å². The zero-order chi connectivity index (χ0) is 8.69. The molecule has 66 valence electrons. The zero-order valence-corrected chi connectivity index (χ0v) is 8.06. The van der Waals surface area contributed by atoms with Gasteiger partial charge in [-0.15, -0.1) is 0 Å². The first kappa shape index (κ1) is 10.7. The molecule has 0 aliphatic carbocycles. The molecule has 1 unspecified atom stereocenters. The summed E-state index contributed by atoms with van der Waals surface area (Å²) < 4.78 is 0. The maximum atomic E-state index is 5.43. The zero-order valence-electron chi connectivity index (χ0n) is 8.06. The second-order valence-corrected chi connectivity index (χ2v) is 3.38. The molecule has 0 spiro atoms. The Bertz CT molecular complexity index is 116. The van der Waals surface area contributed by atoms with Crippen LogP contribution in [0, 0.1) is 5.92 Å². The highest BCUT2D eigenvalue weighted by Crippen LogP contribution is 2.15. The first-order valence-corrected chi connectivity index (χ1v) is 4.52. The van der Waals surface area contributed by atoms with Crippen LogP contribution in [0.5, 0.6) is 0 Å². The lowest BCUT2D eigenvalue weighted by Crippen LogP contribution is -2.02. The number of rotatable bonds is 5. The Hall–Kier alpha value is -0.300. The third kappa shape index (κ3) is 6.11. The van der Waals surface area contributed by atoms with E-state index in [1.165, 1.54) is 18.4 Å². The number of hydrogen-bond acceptors (Lipinski definition) is 1. The summed E-state index contributed by atoms with van der Waals surface area (Å²) in [6, 6.07) is 0. The molecule has 0 fully saturated rings. The van der Waals surface area contributed by atoms with Gasteiger partial charge in [-0.3, -0.25) is 0 Å². The highest BCUT2D eigenvalue weighted by molar-refractivity contribution is 4.96. The van der Waals surface area contributed by atoms with Crippen molar-refractivity contribution in [3.05, 3.63) is 11.6 Å². The van der Waals surface area contributed by atoms with E-state index in [2.05, 4.69) is 26.8 Å². The standard InChI is InChI=1S/C10H21N/c1-4-9(2)8-10(3)6-5-7-11/h4,10H,5-8,11H2,1-3H3/b9-4-. The van der Waals surface area contributed by atoms with Crippen LogP contribution in [0.3, 0.4) is 0 Å². The van der Waals surface area contributed by atoms with E-state index in [1.54, 1.807) is 0 Å². The third-order valence-electron chi connectivity index (χ3n) is 2.06. The SMILES string of the molecule is C/C=C(/C)CC(C)CCCN. The molecule has 0 heterocycles. The number of nitrogens with two attached hydrogens (primary N) is 1. The summed E-state index contributed by atoms with van der Waals surface area (Å²) in [6.45, 7) is 7.42. The van der Waals surface area contributed by atoms with Gasteiger partial charge in [-0.05, 0) is 45.6 Å². The van der Waals surface area contributed by atoms with E-state index in [0.29, 0.717) is 0 Å². The Morgan fingerprint density at radius 1 is 1.55 bits per heavy atom. The average molecular weight is 155 g/mol. The summed E-state index contributed by atoms with van der Waals surface area (Å²) in [5.74, 6) is 0.801. The van der Waals surface area contributed by atoms with Gasteiger partial charge in [0, 0.05) is 0 Å². The summed E-state index contributed by atoms with van der Waals surface area (Å²) in [7, 11) is 0. The van der Waals surface area contributed by atoms with E-state index in [9.17, 15) is 0 Å². The van der Waals surface area contributed by atoms with Crippen LogP contribution in [0.15, 0.2) is 11.6 Å². The Morgan fingerprint density at radius 3 is 2.64 bits per heavy atom. The molecule has 0 bridgehead atoms. The van der Waals surface area contributed by atoms with Crippen LogP contribution >= 0.6 is 0 Å². The Kier molecular flexibility index (Phi) is 6.24. The molecule has 0 aromatic carbocycles. The fourth-order valence-corrected chi connectivity index (χ4v) is 1.24. The normalized spacial score (nSPS) is 15.1. The molecule has 0 aromatic heterocycles. The van der Waals surface area contributed by atoms with Crippen molar-refractivity contribution in [2.75, 3.05) is 6.54 Å². The maximum Gasteiger partial charge on any atom is -0.00772 e. The highest BCUT2D eigenvalue weighted by Gasteiger charge is 2.00. The van der Waals surface area contributed by atoms with Gasteiger partial charge in [-0.2, -0.15) is 0 Å². The van der Waals surface area contributed by atoms with Gasteiger partial charge in [0.1, 0.15) is 0 Å². The maximum absolute atomic E-state index is 5.43. The molecule has 1 heteroatoms.